The summed E-state index contributed by atoms with van der Waals surface area (Å²) < 4.78 is 18.6. The molecule has 128 valence electrons. The number of nitrogens with one attached hydrogen (secondary N) is 1. The van der Waals surface area contributed by atoms with Gasteiger partial charge in [-0.2, -0.15) is 0 Å². The molecule has 0 aromatic heterocycles. The summed E-state index contributed by atoms with van der Waals surface area (Å²) in [6, 6.07) is 6.42. The smallest absolute Gasteiger partial charge is 0.194 e. The standard InChI is InChI=1S/C18H28FN3O/c1-17(2)12-22(18(17,3)4)16(20-5)21-11-15(23-6)13-7-9-14(19)10-8-13/h7-10,15H,11-12H2,1-6H3,(H,20,21). The average Bonchev–Trinajstić information content (AvgIpc) is 2.51. The van der Waals surface area contributed by atoms with Crippen LogP contribution in [0.4, 0.5) is 4.39 Å². The first-order chi connectivity index (χ1) is 10.7. The van der Waals surface area contributed by atoms with Gasteiger partial charge < -0.3 is 15.0 Å². The van der Waals surface area contributed by atoms with Crippen LogP contribution in [0.3, 0.4) is 0 Å². The van der Waals surface area contributed by atoms with Gasteiger partial charge in [-0.1, -0.05) is 26.0 Å². The Morgan fingerprint density at radius 2 is 1.91 bits per heavy atom. The molecule has 1 atom stereocenters. The van der Waals surface area contributed by atoms with Crippen molar-refractivity contribution < 1.29 is 9.13 Å². The van der Waals surface area contributed by atoms with Gasteiger partial charge in [0.2, 0.25) is 0 Å². The molecule has 1 unspecified atom stereocenters. The van der Waals surface area contributed by atoms with E-state index >= 15 is 0 Å². The fraction of sp³-hybridized carbons (Fsp3) is 0.611. The quantitative estimate of drug-likeness (QED) is 0.683. The molecule has 1 heterocycles. The first-order valence-corrected chi connectivity index (χ1v) is 7.99. The highest BCUT2D eigenvalue weighted by atomic mass is 19.1. The van der Waals surface area contributed by atoms with E-state index in [1.165, 1.54) is 12.1 Å². The second-order valence-electron chi connectivity index (χ2n) is 7.23. The minimum absolute atomic E-state index is 0.0489. The predicted octanol–water partition coefficient (Wildman–Crippen LogP) is 3.21. The number of methoxy groups -OCH3 is 1. The van der Waals surface area contributed by atoms with Crippen LogP contribution in [-0.2, 0) is 4.74 Å². The monoisotopic (exact) mass is 321 g/mol. The molecule has 1 aliphatic heterocycles. The molecule has 0 amide bonds. The molecule has 1 fully saturated rings. The number of nitrogens with zero attached hydrogens (tertiary/aromatic N) is 2. The van der Waals surface area contributed by atoms with Gasteiger partial charge in [0.05, 0.1) is 6.10 Å². The van der Waals surface area contributed by atoms with Crippen LogP contribution < -0.4 is 5.32 Å². The second-order valence-corrected chi connectivity index (χ2v) is 7.23. The van der Waals surface area contributed by atoms with Crippen LogP contribution >= 0.6 is 0 Å². The zero-order valence-corrected chi connectivity index (χ0v) is 15.0. The van der Waals surface area contributed by atoms with Crippen LogP contribution in [0.2, 0.25) is 0 Å². The third kappa shape index (κ3) is 3.34. The Morgan fingerprint density at radius 1 is 1.30 bits per heavy atom. The van der Waals surface area contributed by atoms with Crippen molar-refractivity contribution >= 4 is 5.96 Å². The lowest BCUT2D eigenvalue weighted by atomic mass is 9.65. The van der Waals surface area contributed by atoms with E-state index in [-0.39, 0.29) is 22.9 Å². The number of hydrogen-bond donors (Lipinski definition) is 1. The maximum Gasteiger partial charge on any atom is 0.194 e. The van der Waals surface area contributed by atoms with E-state index in [9.17, 15) is 4.39 Å². The number of halogens is 1. The molecule has 0 radical (unpaired) electrons. The Balaban J connectivity index is 2.02. The van der Waals surface area contributed by atoms with Gasteiger partial charge in [0.25, 0.3) is 0 Å². The summed E-state index contributed by atoms with van der Waals surface area (Å²) in [7, 11) is 3.46. The van der Waals surface area contributed by atoms with E-state index in [0.717, 1.165) is 18.1 Å². The van der Waals surface area contributed by atoms with Crippen molar-refractivity contribution in [1.29, 1.82) is 0 Å². The van der Waals surface area contributed by atoms with Gasteiger partial charge in [-0.25, -0.2) is 4.39 Å². The van der Waals surface area contributed by atoms with Crippen molar-refractivity contribution in [3.8, 4) is 0 Å². The van der Waals surface area contributed by atoms with Gasteiger partial charge in [-0.3, -0.25) is 4.99 Å². The highest BCUT2D eigenvalue weighted by Gasteiger charge is 2.53. The zero-order valence-electron chi connectivity index (χ0n) is 15.0. The molecule has 4 nitrogen and oxygen atoms in total. The highest BCUT2D eigenvalue weighted by molar-refractivity contribution is 5.82. The fourth-order valence-corrected chi connectivity index (χ4v) is 2.89. The molecule has 1 saturated heterocycles. The summed E-state index contributed by atoms with van der Waals surface area (Å²) in [5, 5.41) is 3.39. The van der Waals surface area contributed by atoms with Crippen LogP contribution in [0.5, 0.6) is 0 Å². The van der Waals surface area contributed by atoms with Crippen molar-refractivity contribution in [3.63, 3.8) is 0 Å². The molecule has 0 spiro atoms. The van der Waals surface area contributed by atoms with Gasteiger partial charge in [-0.05, 0) is 31.5 Å². The van der Waals surface area contributed by atoms with E-state index in [0.29, 0.717) is 6.54 Å². The van der Waals surface area contributed by atoms with E-state index in [2.05, 4.69) is 42.9 Å². The Hall–Kier alpha value is -1.62. The van der Waals surface area contributed by atoms with Gasteiger partial charge in [0.1, 0.15) is 5.82 Å². The lowest BCUT2D eigenvalue weighted by Crippen LogP contribution is -2.72. The molecular weight excluding hydrogens is 293 g/mol. The summed E-state index contributed by atoms with van der Waals surface area (Å²) in [5.41, 5.74) is 1.25. The normalized spacial score (nSPS) is 20.8. The molecule has 1 aliphatic rings. The molecular formula is C18H28FN3O. The molecule has 2 rings (SSSR count). The van der Waals surface area contributed by atoms with Crippen LogP contribution in [0.1, 0.15) is 39.4 Å². The predicted molar refractivity (Wildman–Crippen MR) is 92.1 cm³/mol. The molecule has 1 aromatic rings. The Kier molecular flexibility index (Phi) is 4.99. The minimum Gasteiger partial charge on any atom is -0.375 e. The molecule has 0 aliphatic carbocycles. The highest BCUT2D eigenvalue weighted by Crippen LogP contribution is 2.46. The first-order valence-electron chi connectivity index (χ1n) is 7.99. The van der Waals surface area contributed by atoms with Crippen LogP contribution in [0.15, 0.2) is 29.3 Å². The summed E-state index contributed by atoms with van der Waals surface area (Å²) in [5.74, 6) is 0.635. The molecule has 1 N–H and O–H groups in total. The van der Waals surface area contributed by atoms with E-state index in [1.54, 1.807) is 26.3 Å². The van der Waals surface area contributed by atoms with Crippen molar-refractivity contribution in [3.05, 3.63) is 35.6 Å². The number of aliphatic imine (C=N–C) groups is 1. The van der Waals surface area contributed by atoms with Crippen molar-refractivity contribution in [2.24, 2.45) is 10.4 Å². The van der Waals surface area contributed by atoms with Crippen molar-refractivity contribution in [1.82, 2.24) is 10.2 Å². The van der Waals surface area contributed by atoms with Crippen molar-refractivity contribution in [2.75, 3.05) is 27.2 Å². The number of ether oxygens (including phenoxy) is 1. The number of rotatable bonds is 4. The van der Waals surface area contributed by atoms with E-state index < -0.39 is 0 Å². The molecule has 1 aromatic carbocycles. The maximum atomic E-state index is 13.1. The lowest BCUT2D eigenvalue weighted by molar-refractivity contribution is -0.0671. The van der Waals surface area contributed by atoms with Gasteiger partial charge in [0.15, 0.2) is 5.96 Å². The number of benzene rings is 1. The molecule has 0 saturated carbocycles. The second kappa shape index (κ2) is 6.48. The summed E-state index contributed by atoms with van der Waals surface area (Å²) in [6.07, 6.45) is -0.148. The number of guanidine groups is 1. The Labute approximate surface area is 138 Å². The van der Waals surface area contributed by atoms with Gasteiger partial charge in [0, 0.05) is 38.2 Å². The molecule has 0 bridgehead atoms. The maximum absolute atomic E-state index is 13.1. The van der Waals surface area contributed by atoms with Crippen molar-refractivity contribution in [2.45, 2.75) is 39.3 Å². The Bertz CT molecular complexity index is 566. The number of hydrogen-bond acceptors (Lipinski definition) is 2. The van der Waals surface area contributed by atoms with Crippen LogP contribution in [0, 0.1) is 11.2 Å². The van der Waals surface area contributed by atoms with E-state index in [4.69, 9.17) is 4.74 Å². The fourth-order valence-electron chi connectivity index (χ4n) is 2.89. The Morgan fingerprint density at radius 3 is 2.35 bits per heavy atom. The minimum atomic E-state index is -0.239. The van der Waals surface area contributed by atoms with Gasteiger partial charge in [-0.15, -0.1) is 0 Å². The van der Waals surface area contributed by atoms with Gasteiger partial charge >= 0.3 is 0 Å². The van der Waals surface area contributed by atoms with Crippen LogP contribution in [-0.4, -0.2) is 43.6 Å². The topological polar surface area (TPSA) is 36.9 Å². The lowest BCUT2D eigenvalue weighted by Gasteiger charge is -2.62. The molecule has 23 heavy (non-hydrogen) atoms. The summed E-state index contributed by atoms with van der Waals surface area (Å²) in [4.78, 5) is 6.68. The van der Waals surface area contributed by atoms with Crippen LogP contribution in [0.25, 0.3) is 0 Å². The SMILES string of the molecule is CN=C(NCC(OC)c1ccc(F)cc1)N1CC(C)(C)C1(C)C. The number of likely N-dealkylation sites (tertiary alicyclic amines) is 1. The first kappa shape index (κ1) is 17.7. The molecule has 5 heteroatoms. The summed E-state index contributed by atoms with van der Waals surface area (Å²) in [6.45, 7) is 10.6. The third-order valence-electron chi connectivity index (χ3n) is 5.32. The van der Waals surface area contributed by atoms with E-state index in [1.807, 2.05) is 0 Å². The third-order valence-corrected chi connectivity index (χ3v) is 5.32. The average molecular weight is 321 g/mol. The summed E-state index contributed by atoms with van der Waals surface area (Å²) >= 11 is 0. The zero-order chi connectivity index (χ0) is 17.3. The largest absolute Gasteiger partial charge is 0.375 e.